The Hall–Kier alpha value is -2.34. The zero-order valence-electron chi connectivity index (χ0n) is 11.3. The summed E-state index contributed by atoms with van der Waals surface area (Å²) in [5.74, 6) is -1.26. The van der Waals surface area contributed by atoms with Gasteiger partial charge < -0.3 is 5.32 Å². The van der Waals surface area contributed by atoms with E-state index >= 15 is 0 Å². The summed E-state index contributed by atoms with van der Waals surface area (Å²) >= 11 is 0. The lowest BCUT2D eigenvalue weighted by atomic mass is 10.1. The van der Waals surface area contributed by atoms with Crippen LogP contribution in [-0.4, -0.2) is 4.92 Å². The Labute approximate surface area is 120 Å². The van der Waals surface area contributed by atoms with Gasteiger partial charge in [0.05, 0.1) is 4.92 Å². The Balaban J connectivity index is 2.06. The molecular weight excluding hydrogens is 278 g/mol. The molecule has 0 fully saturated rings. The fourth-order valence-corrected chi connectivity index (χ4v) is 2.01. The Morgan fingerprint density at radius 2 is 1.86 bits per heavy atom. The molecule has 4 nitrogen and oxygen atoms in total. The number of non-ortho nitro benzene ring substituents is 1. The van der Waals surface area contributed by atoms with E-state index in [0.717, 1.165) is 11.6 Å². The number of nitrogens with zero attached hydrogens (tertiary/aromatic N) is 1. The first-order valence-corrected chi connectivity index (χ1v) is 6.38. The van der Waals surface area contributed by atoms with Crippen LogP contribution in [0.4, 0.5) is 14.5 Å². The van der Waals surface area contributed by atoms with Crippen LogP contribution in [-0.2, 0) is 6.54 Å². The molecule has 0 aliphatic rings. The van der Waals surface area contributed by atoms with Crippen molar-refractivity contribution in [2.24, 2.45) is 0 Å². The van der Waals surface area contributed by atoms with Crippen LogP contribution in [0.1, 0.15) is 24.1 Å². The van der Waals surface area contributed by atoms with E-state index in [1.807, 2.05) is 6.92 Å². The van der Waals surface area contributed by atoms with E-state index in [2.05, 4.69) is 5.32 Å². The lowest BCUT2D eigenvalue weighted by Gasteiger charge is -2.14. The van der Waals surface area contributed by atoms with E-state index < -0.39 is 16.6 Å². The normalized spacial score (nSPS) is 12.1. The minimum atomic E-state index is -0.630. The molecule has 21 heavy (non-hydrogen) atoms. The van der Waals surface area contributed by atoms with Crippen LogP contribution in [0.25, 0.3) is 0 Å². The molecule has 1 unspecified atom stereocenters. The monoisotopic (exact) mass is 292 g/mol. The molecule has 2 rings (SSSR count). The predicted molar refractivity (Wildman–Crippen MR) is 74.7 cm³/mol. The maximum atomic E-state index is 13.1. The summed E-state index contributed by atoms with van der Waals surface area (Å²) in [5, 5.41) is 13.8. The summed E-state index contributed by atoms with van der Waals surface area (Å²) in [7, 11) is 0. The van der Waals surface area contributed by atoms with Gasteiger partial charge in [-0.1, -0.05) is 12.1 Å². The number of hydrogen-bond acceptors (Lipinski definition) is 3. The van der Waals surface area contributed by atoms with Crippen LogP contribution in [0.3, 0.4) is 0 Å². The van der Waals surface area contributed by atoms with Gasteiger partial charge in [-0.15, -0.1) is 0 Å². The van der Waals surface area contributed by atoms with Gasteiger partial charge in [0.15, 0.2) is 0 Å². The van der Waals surface area contributed by atoms with E-state index in [-0.39, 0.29) is 18.3 Å². The summed E-state index contributed by atoms with van der Waals surface area (Å²) in [4.78, 5) is 10.3. The molecule has 2 aromatic rings. The smallest absolute Gasteiger partial charge is 0.269 e. The molecule has 2 aromatic carbocycles. The number of nitrogens with one attached hydrogen (secondary N) is 1. The van der Waals surface area contributed by atoms with Crippen LogP contribution in [0.15, 0.2) is 42.5 Å². The van der Waals surface area contributed by atoms with Crippen molar-refractivity contribution in [1.29, 1.82) is 0 Å². The fourth-order valence-electron chi connectivity index (χ4n) is 2.01. The quantitative estimate of drug-likeness (QED) is 0.675. The molecular formula is C15H14F2N2O2. The SMILES string of the molecule is CC(NCc1cc(F)cc(F)c1)c1cccc([N+](=O)[O-])c1. The van der Waals surface area contributed by atoms with Gasteiger partial charge in [0, 0.05) is 30.8 Å². The molecule has 0 aromatic heterocycles. The van der Waals surface area contributed by atoms with Crippen molar-refractivity contribution in [3.63, 3.8) is 0 Å². The second-order valence-corrected chi connectivity index (χ2v) is 4.73. The third-order valence-corrected chi connectivity index (χ3v) is 3.12. The predicted octanol–water partition coefficient (Wildman–Crippen LogP) is 3.72. The van der Waals surface area contributed by atoms with Crippen molar-refractivity contribution < 1.29 is 13.7 Å². The zero-order valence-corrected chi connectivity index (χ0v) is 11.3. The van der Waals surface area contributed by atoms with Gasteiger partial charge in [0.2, 0.25) is 0 Å². The Bertz CT molecular complexity index is 642. The van der Waals surface area contributed by atoms with E-state index in [1.54, 1.807) is 12.1 Å². The Morgan fingerprint density at radius 1 is 1.19 bits per heavy atom. The first-order chi connectivity index (χ1) is 9.95. The highest BCUT2D eigenvalue weighted by Crippen LogP contribution is 2.19. The lowest BCUT2D eigenvalue weighted by Crippen LogP contribution is -2.18. The summed E-state index contributed by atoms with van der Waals surface area (Å²) in [6.45, 7) is 2.09. The maximum absolute atomic E-state index is 13.1. The molecule has 6 heteroatoms. The number of rotatable bonds is 5. The molecule has 0 amide bonds. The molecule has 0 aliphatic carbocycles. The van der Waals surface area contributed by atoms with Gasteiger partial charge in [-0.2, -0.15) is 0 Å². The van der Waals surface area contributed by atoms with E-state index in [0.29, 0.717) is 5.56 Å². The van der Waals surface area contributed by atoms with Crippen LogP contribution in [0.2, 0.25) is 0 Å². The molecule has 0 bridgehead atoms. The standard InChI is InChI=1S/C15H14F2N2O2/c1-10(12-3-2-4-15(7-12)19(20)21)18-9-11-5-13(16)8-14(17)6-11/h2-8,10,18H,9H2,1H3. The minimum absolute atomic E-state index is 0.0120. The lowest BCUT2D eigenvalue weighted by molar-refractivity contribution is -0.384. The second kappa shape index (κ2) is 6.41. The van der Waals surface area contributed by atoms with Crippen molar-refractivity contribution in [2.75, 3.05) is 0 Å². The first-order valence-electron chi connectivity index (χ1n) is 6.38. The molecule has 0 heterocycles. The van der Waals surface area contributed by atoms with Crippen LogP contribution >= 0.6 is 0 Å². The number of nitro benzene ring substituents is 1. The van der Waals surface area contributed by atoms with Gasteiger partial charge in [-0.25, -0.2) is 8.78 Å². The van der Waals surface area contributed by atoms with Gasteiger partial charge in [-0.05, 0) is 30.2 Å². The van der Waals surface area contributed by atoms with Gasteiger partial charge in [0.25, 0.3) is 5.69 Å². The van der Waals surface area contributed by atoms with Crippen molar-refractivity contribution in [1.82, 2.24) is 5.32 Å². The number of halogens is 2. The van der Waals surface area contributed by atoms with Crippen molar-refractivity contribution in [3.8, 4) is 0 Å². The van der Waals surface area contributed by atoms with Gasteiger partial charge in [-0.3, -0.25) is 10.1 Å². The molecule has 1 N–H and O–H groups in total. The molecule has 0 aliphatic heterocycles. The number of nitro groups is 1. The first kappa shape index (κ1) is 15.1. The molecule has 0 radical (unpaired) electrons. The largest absolute Gasteiger partial charge is 0.306 e. The summed E-state index contributed by atoms with van der Waals surface area (Å²) in [6, 6.07) is 9.38. The highest BCUT2D eigenvalue weighted by Gasteiger charge is 2.11. The summed E-state index contributed by atoms with van der Waals surface area (Å²) in [6.07, 6.45) is 0. The minimum Gasteiger partial charge on any atom is -0.306 e. The Morgan fingerprint density at radius 3 is 2.48 bits per heavy atom. The molecule has 0 saturated carbocycles. The van der Waals surface area contributed by atoms with Crippen LogP contribution in [0.5, 0.6) is 0 Å². The highest BCUT2D eigenvalue weighted by molar-refractivity contribution is 5.35. The van der Waals surface area contributed by atoms with Crippen LogP contribution in [0, 0.1) is 21.7 Å². The van der Waals surface area contributed by atoms with Crippen LogP contribution < -0.4 is 5.32 Å². The van der Waals surface area contributed by atoms with Crippen molar-refractivity contribution >= 4 is 5.69 Å². The van der Waals surface area contributed by atoms with E-state index in [9.17, 15) is 18.9 Å². The van der Waals surface area contributed by atoms with Gasteiger partial charge in [0.1, 0.15) is 11.6 Å². The molecule has 110 valence electrons. The average molecular weight is 292 g/mol. The second-order valence-electron chi connectivity index (χ2n) is 4.73. The molecule has 0 spiro atoms. The van der Waals surface area contributed by atoms with Gasteiger partial charge >= 0.3 is 0 Å². The maximum Gasteiger partial charge on any atom is 0.269 e. The summed E-state index contributed by atoms with van der Waals surface area (Å²) in [5.41, 5.74) is 1.23. The van der Waals surface area contributed by atoms with Crippen molar-refractivity contribution in [2.45, 2.75) is 19.5 Å². The average Bonchev–Trinajstić information content (AvgIpc) is 2.44. The summed E-state index contributed by atoms with van der Waals surface area (Å²) < 4.78 is 26.1. The number of benzene rings is 2. The van der Waals surface area contributed by atoms with E-state index in [4.69, 9.17) is 0 Å². The third kappa shape index (κ3) is 4.06. The fraction of sp³-hybridized carbons (Fsp3) is 0.200. The highest BCUT2D eigenvalue weighted by atomic mass is 19.1. The van der Waals surface area contributed by atoms with Crippen molar-refractivity contribution in [3.05, 3.63) is 75.3 Å². The number of hydrogen-bond donors (Lipinski definition) is 1. The Kier molecular flexibility index (Phi) is 4.59. The third-order valence-electron chi connectivity index (χ3n) is 3.12. The molecule has 0 saturated heterocycles. The molecule has 1 atom stereocenters. The van der Waals surface area contributed by atoms with E-state index in [1.165, 1.54) is 24.3 Å². The zero-order chi connectivity index (χ0) is 15.4. The topological polar surface area (TPSA) is 55.2 Å².